The molecule has 0 aliphatic rings. The van der Waals surface area contributed by atoms with Gasteiger partial charge in [-0.05, 0) is 36.8 Å². The summed E-state index contributed by atoms with van der Waals surface area (Å²) in [4.78, 5) is 4.40. The minimum Gasteiger partial charge on any atom is -0.508 e. The molecule has 0 aliphatic heterocycles. The Hall–Kier alpha value is -2.07. The minimum atomic E-state index is -0.352. The van der Waals surface area contributed by atoms with E-state index in [2.05, 4.69) is 4.98 Å². The van der Waals surface area contributed by atoms with Crippen LogP contribution in [0.1, 0.15) is 13.3 Å². The normalized spacial score (nSPS) is 11.2. The van der Waals surface area contributed by atoms with Gasteiger partial charge in [-0.1, -0.05) is 24.6 Å². The number of fused-ring (bicyclic) bond motifs is 1. The average molecular weight is 305 g/mol. The number of aromatic hydroxyl groups is 1. The largest absolute Gasteiger partial charge is 0.508 e. The Bertz CT molecular complexity index is 793. The van der Waals surface area contributed by atoms with Gasteiger partial charge in [0.25, 0.3) is 0 Å². The number of halogens is 2. The molecule has 5 heteroatoms. The summed E-state index contributed by atoms with van der Waals surface area (Å²) in [6.45, 7) is 2.76. The molecular weight excluding hydrogens is 291 g/mol. The molecule has 1 heterocycles. The number of aryl methyl sites for hydroxylation is 1. The van der Waals surface area contributed by atoms with Crippen molar-refractivity contribution in [2.75, 3.05) is 0 Å². The molecule has 0 fully saturated rings. The maximum Gasteiger partial charge on any atom is 0.151 e. The zero-order valence-electron chi connectivity index (χ0n) is 11.5. The van der Waals surface area contributed by atoms with Gasteiger partial charge >= 0.3 is 0 Å². The molecule has 21 heavy (non-hydrogen) atoms. The molecule has 0 bridgehead atoms. The first-order chi connectivity index (χ1) is 10.1. The van der Waals surface area contributed by atoms with Crippen LogP contribution < -0.4 is 0 Å². The van der Waals surface area contributed by atoms with Crippen LogP contribution in [0.3, 0.4) is 0 Å². The molecule has 0 saturated heterocycles. The lowest BCUT2D eigenvalue weighted by atomic mass is 10.2. The van der Waals surface area contributed by atoms with E-state index in [1.54, 1.807) is 18.2 Å². The second-order valence-electron chi connectivity index (χ2n) is 4.89. The predicted molar refractivity (Wildman–Crippen MR) is 82.1 cm³/mol. The summed E-state index contributed by atoms with van der Waals surface area (Å²) in [6.07, 6.45) is 0.890. The van der Waals surface area contributed by atoms with E-state index in [4.69, 9.17) is 11.6 Å². The van der Waals surface area contributed by atoms with Crippen molar-refractivity contribution in [2.45, 2.75) is 19.9 Å². The molecule has 0 saturated carbocycles. The van der Waals surface area contributed by atoms with Crippen molar-refractivity contribution in [1.29, 1.82) is 0 Å². The fourth-order valence-electron chi connectivity index (χ4n) is 2.49. The first kappa shape index (κ1) is 13.9. The first-order valence-electron chi connectivity index (χ1n) is 6.75. The SMILES string of the molecule is CCCn1c(-c2cc(O)cc(Cl)c2)nc2c(F)cccc21. The van der Waals surface area contributed by atoms with Crippen molar-refractivity contribution in [3.05, 3.63) is 47.2 Å². The van der Waals surface area contributed by atoms with Crippen LogP contribution in [-0.4, -0.2) is 14.7 Å². The fourth-order valence-corrected chi connectivity index (χ4v) is 2.72. The Kier molecular flexibility index (Phi) is 3.55. The summed E-state index contributed by atoms with van der Waals surface area (Å²) in [5.74, 6) is 0.317. The number of hydrogen-bond donors (Lipinski definition) is 1. The van der Waals surface area contributed by atoms with Crippen LogP contribution in [0.25, 0.3) is 22.4 Å². The summed E-state index contributed by atoms with van der Waals surface area (Å²) in [7, 11) is 0. The van der Waals surface area contributed by atoms with Gasteiger partial charge in [-0.2, -0.15) is 0 Å². The highest BCUT2D eigenvalue weighted by Crippen LogP contribution is 2.31. The summed E-state index contributed by atoms with van der Waals surface area (Å²) in [6, 6.07) is 9.66. The van der Waals surface area contributed by atoms with E-state index in [1.165, 1.54) is 12.1 Å². The highest BCUT2D eigenvalue weighted by molar-refractivity contribution is 6.31. The topological polar surface area (TPSA) is 38.0 Å². The molecule has 0 amide bonds. The minimum absolute atomic E-state index is 0.0630. The monoisotopic (exact) mass is 304 g/mol. The molecule has 2 aromatic carbocycles. The van der Waals surface area contributed by atoms with Crippen LogP contribution in [0.4, 0.5) is 4.39 Å². The Morgan fingerprint density at radius 1 is 1.29 bits per heavy atom. The van der Waals surface area contributed by atoms with E-state index in [9.17, 15) is 9.50 Å². The van der Waals surface area contributed by atoms with Crippen molar-refractivity contribution >= 4 is 22.6 Å². The Labute approximate surface area is 126 Å². The lowest BCUT2D eigenvalue weighted by Gasteiger charge is -2.08. The van der Waals surface area contributed by atoms with Gasteiger partial charge in [0.1, 0.15) is 17.1 Å². The molecule has 0 aliphatic carbocycles. The van der Waals surface area contributed by atoms with Gasteiger partial charge in [0, 0.05) is 17.1 Å². The lowest BCUT2D eigenvalue weighted by Crippen LogP contribution is -1.99. The standard InChI is InChI=1S/C16H14ClFN2O/c1-2-6-20-14-5-3-4-13(18)15(14)19-16(20)10-7-11(17)9-12(21)8-10/h3-5,7-9,21H,2,6H2,1H3. The molecule has 3 rings (SSSR count). The second-order valence-corrected chi connectivity index (χ2v) is 5.33. The van der Waals surface area contributed by atoms with Crippen LogP contribution in [0.5, 0.6) is 5.75 Å². The van der Waals surface area contributed by atoms with E-state index in [0.29, 0.717) is 28.5 Å². The van der Waals surface area contributed by atoms with E-state index in [0.717, 1.165) is 11.9 Å². The summed E-state index contributed by atoms with van der Waals surface area (Å²) in [5, 5.41) is 10.1. The predicted octanol–water partition coefficient (Wildman–Crippen LogP) is 4.61. The van der Waals surface area contributed by atoms with Gasteiger partial charge < -0.3 is 9.67 Å². The zero-order valence-corrected chi connectivity index (χ0v) is 12.2. The molecular formula is C16H14ClFN2O. The Morgan fingerprint density at radius 3 is 2.81 bits per heavy atom. The molecule has 0 spiro atoms. The number of phenols is 1. The molecule has 1 N–H and O–H groups in total. The smallest absolute Gasteiger partial charge is 0.151 e. The lowest BCUT2D eigenvalue weighted by molar-refractivity contribution is 0.475. The van der Waals surface area contributed by atoms with Crippen LogP contribution in [-0.2, 0) is 6.54 Å². The molecule has 1 aromatic heterocycles. The summed E-state index contributed by atoms with van der Waals surface area (Å²) in [5.41, 5.74) is 1.75. The number of para-hydroxylation sites is 1. The van der Waals surface area contributed by atoms with E-state index in [-0.39, 0.29) is 11.6 Å². The van der Waals surface area contributed by atoms with Crippen LogP contribution in [0.2, 0.25) is 5.02 Å². The molecule has 108 valence electrons. The maximum absolute atomic E-state index is 13.9. The first-order valence-corrected chi connectivity index (χ1v) is 7.12. The van der Waals surface area contributed by atoms with Gasteiger partial charge in [-0.15, -0.1) is 0 Å². The van der Waals surface area contributed by atoms with E-state index in [1.807, 2.05) is 17.6 Å². The van der Waals surface area contributed by atoms with Gasteiger partial charge in [0.15, 0.2) is 5.82 Å². The van der Waals surface area contributed by atoms with Crippen molar-refractivity contribution in [2.24, 2.45) is 0 Å². The number of imidazole rings is 1. The van der Waals surface area contributed by atoms with Crippen molar-refractivity contribution < 1.29 is 9.50 Å². The Balaban J connectivity index is 2.30. The number of benzene rings is 2. The van der Waals surface area contributed by atoms with E-state index < -0.39 is 0 Å². The summed E-state index contributed by atoms with van der Waals surface area (Å²) >= 11 is 5.99. The molecule has 0 unspecified atom stereocenters. The van der Waals surface area contributed by atoms with Crippen LogP contribution >= 0.6 is 11.6 Å². The van der Waals surface area contributed by atoms with Gasteiger partial charge in [-0.3, -0.25) is 0 Å². The number of nitrogens with zero attached hydrogens (tertiary/aromatic N) is 2. The fraction of sp³-hybridized carbons (Fsp3) is 0.188. The second kappa shape index (κ2) is 5.37. The number of aromatic nitrogens is 2. The highest BCUT2D eigenvalue weighted by atomic mass is 35.5. The van der Waals surface area contributed by atoms with Crippen LogP contribution in [0, 0.1) is 5.82 Å². The third-order valence-corrected chi connectivity index (χ3v) is 3.54. The quantitative estimate of drug-likeness (QED) is 0.767. The van der Waals surface area contributed by atoms with Crippen molar-refractivity contribution in [3.8, 4) is 17.1 Å². The Morgan fingerprint density at radius 2 is 2.10 bits per heavy atom. The molecule has 3 nitrogen and oxygen atoms in total. The molecule has 3 aromatic rings. The summed E-state index contributed by atoms with van der Waals surface area (Å²) < 4.78 is 15.9. The third-order valence-electron chi connectivity index (χ3n) is 3.32. The van der Waals surface area contributed by atoms with Crippen molar-refractivity contribution in [3.63, 3.8) is 0 Å². The van der Waals surface area contributed by atoms with Crippen LogP contribution in [0.15, 0.2) is 36.4 Å². The maximum atomic E-state index is 13.9. The van der Waals surface area contributed by atoms with Gasteiger partial charge in [-0.25, -0.2) is 9.37 Å². The van der Waals surface area contributed by atoms with Gasteiger partial charge in [0.05, 0.1) is 5.52 Å². The van der Waals surface area contributed by atoms with Gasteiger partial charge in [0.2, 0.25) is 0 Å². The molecule has 0 radical (unpaired) electrons. The number of hydrogen-bond acceptors (Lipinski definition) is 2. The average Bonchev–Trinajstić information content (AvgIpc) is 2.79. The van der Waals surface area contributed by atoms with Crippen molar-refractivity contribution in [1.82, 2.24) is 9.55 Å². The zero-order chi connectivity index (χ0) is 15.0. The van der Waals surface area contributed by atoms with E-state index >= 15 is 0 Å². The third kappa shape index (κ3) is 2.47. The number of rotatable bonds is 3. The highest BCUT2D eigenvalue weighted by Gasteiger charge is 2.15. The molecule has 0 atom stereocenters. The number of phenolic OH excluding ortho intramolecular Hbond substituents is 1.